The van der Waals surface area contributed by atoms with Crippen LogP contribution in [0, 0.1) is 0 Å². The number of rotatable bonds is 4. The molecule has 2 aromatic carbocycles. The summed E-state index contributed by atoms with van der Waals surface area (Å²) >= 11 is 3.49. The molecule has 1 aliphatic heterocycles. The number of para-hydroxylation sites is 1. The molecule has 3 aromatic rings. The van der Waals surface area contributed by atoms with Gasteiger partial charge in [-0.25, -0.2) is 0 Å². The molecule has 0 radical (unpaired) electrons. The number of ether oxygens (including phenoxy) is 2. The van der Waals surface area contributed by atoms with Crippen molar-refractivity contribution in [2.75, 3.05) is 0 Å². The van der Waals surface area contributed by atoms with Crippen molar-refractivity contribution < 1.29 is 13.9 Å². The van der Waals surface area contributed by atoms with Crippen LogP contribution in [-0.4, -0.2) is 15.8 Å². The molecule has 0 unspecified atom stereocenters. The van der Waals surface area contributed by atoms with Gasteiger partial charge in [-0.05, 0) is 48.0 Å². The molecule has 0 saturated carbocycles. The van der Waals surface area contributed by atoms with Crippen molar-refractivity contribution in [3.63, 3.8) is 0 Å². The Morgan fingerprint density at radius 2 is 1.96 bits per heavy atom. The van der Waals surface area contributed by atoms with Crippen LogP contribution >= 0.6 is 15.9 Å². The fourth-order valence-corrected chi connectivity index (χ4v) is 3.35. The lowest BCUT2D eigenvalue weighted by atomic mass is 10.0. The molecular formula is C19H17BrN2O3. The van der Waals surface area contributed by atoms with Crippen LogP contribution < -0.4 is 9.47 Å². The van der Waals surface area contributed by atoms with Gasteiger partial charge in [-0.3, -0.25) is 0 Å². The fourth-order valence-electron chi connectivity index (χ4n) is 2.90. The molecule has 0 fully saturated rings. The minimum absolute atomic E-state index is 0.192. The molecule has 0 amide bonds. The zero-order valence-electron chi connectivity index (χ0n) is 14.0. The molecule has 1 aliphatic rings. The maximum atomic E-state index is 6.01. The Hall–Kier alpha value is -2.34. The second kappa shape index (κ2) is 6.19. The third-order valence-corrected chi connectivity index (χ3v) is 4.67. The van der Waals surface area contributed by atoms with Gasteiger partial charge in [-0.15, -0.1) is 10.2 Å². The largest absolute Gasteiger partial charge is 0.483 e. The first-order valence-electron chi connectivity index (χ1n) is 8.03. The van der Waals surface area contributed by atoms with E-state index in [-0.39, 0.29) is 12.2 Å². The summed E-state index contributed by atoms with van der Waals surface area (Å²) in [5, 5.41) is 8.16. The third kappa shape index (κ3) is 3.26. The van der Waals surface area contributed by atoms with E-state index >= 15 is 0 Å². The molecule has 2 heterocycles. The minimum atomic E-state index is -0.209. The second-order valence-electron chi connectivity index (χ2n) is 6.55. The topological polar surface area (TPSA) is 57.4 Å². The standard InChI is InChI=1S/C19H17BrN2O3/c1-19(2)10-12-6-5-9-15(17(12)25-19)23-11-16-21-22-18(24-16)13-7-3-4-8-14(13)20/h3-9H,10-11H2,1-2H3. The Labute approximate surface area is 154 Å². The molecule has 5 nitrogen and oxygen atoms in total. The van der Waals surface area contributed by atoms with E-state index in [1.807, 2.05) is 36.4 Å². The Morgan fingerprint density at radius 1 is 1.12 bits per heavy atom. The summed E-state index contributed by atoms with van der Waals surface area (Å²) in [4.78, 5) is 0. The number of nitrogens with zero attached hydrogens (tertiary/aromatic N) is 2. The fraction of sp³-hybridized carbons (Fsp3) is 0.263. The van der Waals surface area contributed by atoms with Gasteiger partial charge in [0.25, 0.3) is 5.89 Å². The van der Waals surface area contributed by atoms with Crippen LogP contribution in [0.5, 0.6) is 11.5 Å². The lowest BCUT2D eigenvalue weighted by molar-refractivity contribution is 0.130. The first-order valence-corrected chi connectivity index (χ1v) is 8.82. The highest BCUT2D eigenvalue weighted by atomic mass is 79.9. The van der Waals surface area contributed by atoms with Crippen molar-refractivity contribution in [1.82, 2.24) is 10.2 Å². The molecule has 0 saturated heterocycles. The minimum Gasteiger partial charge on any atom is -0.483 e. The van der Waals surface area contributed by atoms with Gasteiger partial charge >= 0.3 is 0 Å². The summed E-state index contributed by atoms with van der Waals surface area (Å²) < 4.78 is 18.5. The predicted molar refractivity (Wildman–Crippen MR) is 96.6 cm³/mol. The Kier molecular flexibility index (Phi) is 4.00. The highest BCUT2D eigenvalue weighted by Gasteiger charge is 2.32. The Morgan fingerprint density at radius 3 is 2.80 bits per heavy atom. The van der Waals surface area contributed by atoms with Gasteiger partial charge in [0.15, 0.2) is 18.1 Å². The van der Waals surface area contributed by atoms with Crippen LogP contribution in [0.3, 0.4) is 0 Å². The van der Waals surface area contributed by atoms with Crippen LogP contribution in [0.2, 0.25) is 0 Å². The zero-order valence-corrected chi connectivity index (χ0v) is 15.5. The van der Waals surface area contributed by atoms with E-state index in [2.05, 4.69) is 46.0 Å². The van der Waals surface area contributed by atoms with E-state index in [0.717, 1.165) is 27.8 Å². The average Bonchev–Trinajstić information content (AvgIpc) is 3.16. The molecule has 0 aliphatic carbocycles. The molecule has 128 valence electrons. The van der Waals surface area contributed by atoms with Gasteiger partial charge < -0.3 is 13.9 Å². The first-order chi connectivity index (χ1) is 12.0. The maximum absolute atomic E-state index is 6.01. The number of fused-ring (bicyclic) bond motifs is 1. The summed E-state index contributed by atoms with van der Waals surface area (Å²) in [6, 6.07) is 13.6. The van der Waals surface area contributed by atoms with Gasteiger partial charge in [0, 0.05) is 16.5 Å². The van der Waals surface area contributed by atoms with Crippen LogP contribution in [0.4, 0.5) is 0 Å². The molecule has 0 N–H and O–H groups in total. The smallest absolute Gasteiger partial charge is 0.254 e. The number of benzene rings is 2. The van der Waals surface area contributed by atoms with E-state index in [1.54, 1.807) is 0 Å². The first kappa shape index (κ1) is 16.1. The molecule has 6 heteroatoms. The molecule has 1 aromatic heterocycles. The van der Waals surface area contributed by atoms with Crippen LogP contribution in [0.1, 0.15) is 25.3 Å². The highest BCUT2D eigenvalue weighted by molar-refractivity contribution is 9.10. The van der Waals surface area contributed by atoms with Crippen molar-refractivity contribution in [3.8, 4) is 23.0 Å². The van der Waals surface area contributed by atoms with Crippen LogP contribution in [-0.2, 0) is 13.0 Å². The van der Waals surface area contributed by atoms with Crippen LogP contribution in [0.25, 0.3) is 11.5 Å². The summed E-state index contributed by atoms with van der Waals surface area (Å²) in [7, 11) is 0. The monoisotopic (exact) mass is 400 g/mol. The molecule has 4 rings (SSSR count). The Bertz CT molecular complexity index is 921. The van der Waals surface area contributed by atoms with E-state index in [1.165, 1.54) is 0 Å². The van der Waals surface area contributed by atoms with Crippen molar-refractivity contribution in [2.45, 2.75) is 32.5 Å². The van der Waals surface area contributed by atoms with Crippen molar-refractivity contribution >= 4 is 15.9 Å². The molecule has 0 spiro atoms. The third-order valence-electron chi connectivity index (χ3n) is 3.98. The van der Waals surface area contributed by atoms with E-state index < -0.39 is 0 Å². The quantitative estimate of drug-likeness (QED) is 0.629. The molecule has 0 bridgehead atoms. The van der Waals surface area contributed by atoms with E-state index in [9.17, 15) is 0 Å². The van der Waals surface area contributed by atoms with Gasteiger partial charge in [0.2, 0.25) is 5.89 Å². The normalized spacial score (nSPS) is 14.8. The summed E-state index contributed by atoms with van der Waals surface area (Å²) in [5.41, 5.74) is 1.80. The highest BCUT2D eigenvalue weighted by Crippen LogP contribution is 2.42. The lowest BCUT2D eigenvalue weighted by Crippen LogP contribution is -2.24. The van der Waals surface area contributed by atoms with Crippen molar-refractivity contribution in [2.24, 2.45) is 0 Å². The van der Waals surface area contributed by atoms with Crippen molar-refractivity contribution in [1.29, 1.82) is 0 Å². The van der Waals surface area contributed by atoms with Crippen LogP contribution in [0.15, 0.2) is 51.4 Å². The predicted octanol–water partition coefficient (Wildman–Crippen LogP) is 4.79. The lowest BCUT2D eigenvalue weighted by Gasteiger charge is -2.18. The summed E-state index contributed by atoms with van der Waals surface area (Å²) in [6.07, 6.45) is 0.867. The van der Waals surface area contributed by atoms with Gasteiger partial charge in [0.05, 0.1) is 5.56 Å². The summed E-state index contributed by atoms with van der Waals surface area (Å²) in [6.45, 7) is 4.33. The number of aromatic nitrogens is 2. The van der Waals surface area contributed by atoms with Gasteiger partial charge in [0.1, 0.15) is 5.60 Å². The maximum Gasteiger partial charge on any atom is 0.254 e. The van der Waals surface area contributed by atoms with Gasteiger partial charge in [-0.1, -0.05) is 24.3 Å². The second-order valence-corrected chi connectivity index (χ2v) is 7.41. The zero-order chi connectivity index (χ0) is 17.4. The number of hydrogen-bond donors (Lipinski definition) is 0. The number of hydrogen-bond acceptors (Lipinski definition) is 5. The molecule has 25 heavy (non-hydrogen) atoms. The van der Waals surface area contributed by atoms with Gasteiger partial charge in [-0.2, -0.15) is 0 Å². The number of halogens is 1. The SMILES string of the molecule is CC1(C)Cc2cccc(OCc3nnc(-c4ccccc4Br)o3)c2O1. The van der Waals surface area contributed by atoms with E-state index in [4.69, 9.17) is 13.9 Å². The molecular weight excluding hydrogens is 384 g/mol. The average molecular weight is 401 g/mol. The van der Waals surface area contributed by atoms with E-state index in [0.29, 0.717) is 17.5 Å². The van der Waals surface area contributed by atoms with Crippen molar-refractivity contribution in [3.05, 3.63) is 58.4 Å². The molecule has 0 atom stereocenters. The Balaban J connectivity index is 1.51. The summed E-state index contributed by atoms with van der Waals surface area (Å²) in [5.74, 6) is 2.38.